The molecule has 23 heavy (non-hydrogen) atoms. The highest BCUT2D eigenvalue weighted by atomic mass is 32.2. The van der Waals surface area contributed by atoms with Crippen LogP contribution >= 0.6 is 11.8 Å². The molecule has 1 aliphatic heterocycles. The molecule has 0 saturated carbocycles. The Bertz CT molecular complexity index is 774. The number of carbonyl (C=O) groups excluding carboxylic acids is 2. The fourth-order valence-corrected chi connectivity index (χ4v) is 2.68. The summed E-state index contributed by atoms with van der Waals surface area (Å²) in [5, 5.41) is 9.86. The van der Waals surface area contributed by atoms with Gasteiger partial charge in [0.1, 0.15) is 5.82 Å². The first kappa shape index (κ1) is 15.3. The second-order valence-corrected chi connectivity index (χ2v) is 5.79. The van der Waals surface area contributed by atoms with Crippen molar-refractivity contribution < 1.29 is 19.1 Å². The Balaban J connectivity index is 1.71. The summed E-state index contributed by atoms with van der Waals surface area (Å²) in [7, 11) is 0. The number of aromatic amines is 1. The first-order valence-corrected chi connectivity index (χ1v) is 7.77. The third kappa shape index (κ3) is 3.45. The fourth-order valence-electron chi connectivity index (χ4n) is 2.04. The number of fused-ring (bicyclic) bond motifs is 1. The Kier molecular flexibility index (Phi) is 4.20. The molecule has 0 saturated heterocycles. The van der Waals surface area contributed by atoms with Crippen molar-refractivity contribution >= 4 is 29.1 Å². The van der Waals surface area contributed by atoms with Crippen LogP contribution < -0.4 is 14.8 Å². The van der Waals surface area contributed by atoms with E-state index in [4.69, 9.17) is 9.47 Å². The standard InChI is InChI=1S/C14H14N4O4S/c1-7(19)9-3-11-12(22-6-21-11)4-10(9)16-13(20)5-23-14-15-8(2)17-18-14/h3-4H,5-6H2,1-2H3,(H,16,20)(H,15,17,18). The zero-order valence-electron chi connectivity index (χ0n) is 12.5. The summed E-state index contributed by atoms with van der Waals surface area (Å²) in [4.78, 5) is 27.9. The van der Waals surface area contributed by atoms with Gasteiger partial charge >= 0.3 is 0 Å². The molecule has 1 aliphatic rings. The predicted octanol–water partition coefficient (Wildman–Crippen LogP) is 1.78. The highest BCUT2D eigenvalue weighted by Gasteiger charge is 2.20. The molecule has 8 nitrogen and oxygen atoms in total. The smallest absolute Gasteiger partial charge is 0.234 e. The molecule has 2 aromatic rings. The monoisotopic (exact) mass is 334 g/mol. The summed E-state index contributed by atoms with van der Waals surface area (Å²) in [5.41, 5.74) is 0.778. The van der Waals surface area contributed by atoms with Crippen LogP contribution in [0, 0.1) is 6.92 Å². The van der Waals surface area contributed by atoms with Crippen LogP contribution in [0.5, 0.6) is 11.5 Å². The van der Waals surface area contributed by atoms with Gasteiger partial charge in [-0.1, -0.05) is 11.8 Å². The van der Waals surface area contributed by atoms with E-state index in [0.29, 0.717) is 33.7 Å². The van der Waals surface area contributed by atoms with E-state index in [1.54, 1.807) is 19.1 Å². The molecule has 9 heteroatoms. The van der Waals surface area contributed by atoms with E-state index in [9.17, 15) is 9.59 Å². The summed E-state index contributed by atoms with van der Waals surface area (Å²) in [6.45, 7) is 3.31. The lowest BCUT2D eigenvalue weighted by Crippen LogP contribution is -2.16. The van der Waals surface area contributed by atoms with E-state index in [2.05, 4.69) is 20.5 Å². The average Bonchev–Trinajstić information content (AvgIpc) is 3.12. The van der Waals surface area contributed by atoms with Crippen LogP contribution in [0.3, 0.4) is 0 Å². The van der Waals surface area contributed by atoms with Gasteiger partial charge in [0.05, 0.1) is 11.4 Å². The maximum absolute atomic E-state index is 12.1. The molecule has 3 rings (SSSR count). The van der Waals surface area contributed by atoms with Gasteiger partial charge in [0, 0.05) is 11.6 Å². The van der Waals surface area contributed by atoms with E-state index in [0.717, 1.165) is 0 Å². The number of hydrogen-bond acceptors (Lipinski definition) is 7. The van der Waals surface area contributed by atoms with Gasteiger partial charge in [-0.15, -0.1) is 5.10 Å². The fraction of sp³-hybridized carbons (Fsp3) is 0.286. The molecule has 0 unspecified atom stereocenters. The molecule has 2 N–H and O–H groups in total. The van der Waals surface area contributed by atoms with E-state index in [-0.39, 0.29) is 24.2 Å². The minimum Gasteiger partial charge on any atom is -0.454 e. The number of ether oxygens (including phenoxy) is 2. The molecule has 0 aliphatic carbocycles. The first-order chi connectivity index (χ1) is 11.0. The van der Waals surface area contributed by atoms with Gasteiger partial charge in [0.2, 0.25) is 17.9 Å². The van der Waals surface area contributed by atoms with Crippen LogP contribution in [0.15, 0.2) is 17.3 Å². The third-order valence-electron chi connectivity index (χ3n) is 3.08. The molecular formula is C14H14N4O4S. The van der Waals surface area contributed by atoms with Crippen molar-refractivity contribution in [2.45, 2.75) is 19.0 Å². The van der Waals surface area contributed by atoms with Crippen LogP contribution in [0.4, 0.5) is 5.69 Å². The lowest BCUT2D eigenvalue weighted by Gasteiger charge is -2.10. The van der Waals surface area contributed by atoms with Crippen molar-refractivity contribution in [1.82, 2.24) is 15.2 Å². The predicted molar refractivity (Wildman–Crippen MR) is 83.0 cm³/mol. The lowest BCUT2D eigenvalue weighted by molar-refractivity contribution is -0.113. The maximum Gasteiger partial charge on any atom is 0.234 e. The van der Waals surface area contributed by atoms with Gasteiger partial charge in [-0.25, -0.2) is 4.98 Å². The van der Waals surface area contributed by atoms with Gasteiger partial charge < -0.3 is 14.8 Å². The summed E-state index contributed by atoms with van der Waals surface area (Å²) in [6, 6.07) is 3.17. The van der Waals surface area contributed by atoms with Crippen molar-refractivity contribution in [3.63, 3.8) is 0 Å². The topological polar surface area (TPSA) is 106 Å². The Morgan fingerprint density at radius 2 is 2.09 bits per heavy atom. The Morgan fingerprint density at radius 3 is 2.74 bits per heavy atom. The van der Waals surface area contributed by atoms with Crippen LogP contribution in [0.2, 0.25) is 0 Å². The normalized spacial score (nSPS) is 12.3. The highest BCUT2D eigenvalue weighted by Crippen LogP contribution is 2.37. The summed E-state index contributed by atoms with van der Waals surface area (Å²) >= 11 is 1.20. The second kappa shape index (κ2) is 6.29. The molecule has 0 bridgehead atoms. The molecule has 0 atom stereocenters. The van der Waals surface area contributed by atoms with Gasteiger partial charge in [0.15, 0.2) is 17.3 Å². The van der Waals surface area contributed by atoms with E-state index < -0.39 is 0 Å². The maximum atomic E-state index is 12.1. The summed E-state index contributed by atoms with van der Waals surface area (Å²) in [6.07, 6.45) is 0. The van der Waals surface area contributed by atoms with Crippen molar-refractivity contribution in [3.8, 4) is 11.5 Å². The number of nitrogens with zero attached hydrogens (tertiary/aromatic N) is 2. The van der Waals surface area contributed by atoms with Gasteiger partial charge in [-0.3, -0.25) is 14.7 Å². The Labute approximate surface area is 136 Å². The van der Waals surface area contributed by atoms with E-state index in [1.165, 1.54) is 18.7 Å². The molecular weight excluding hydrogens is 320 g/mol. The van der Waals surface area contributed by atoms with Crippen molar-refractivity contribution in [1.29, 1.82) is 0 Å². The number of hydrogen-bond donors (Lipinski definition) is 2. The molecule has 1 amide bonds. The number of H-pyrrole nitrogens is 1. The second-order valence-electron chi connectivity index (χ2n) is 4.85. The number of rotatable bonds is 5. The first-order valence-electron chi connectivity index (χ1n) is 6.79. The number of carbonyl (C=O) groups is 2. The van der Waals surface area contributed by atoms with Crippen LogP contribution in [0.25, 0.3) is 0 Å². The highest BCUT2D eigenvalue weighted by molar-refractivity contribution is 7.99. The zero-order chi connectivity index (χ0) is 16.4. The quantitative estimate of drug-likeness (QED) is 0.634. The molecule has 0 fully saturated rings. The molecule has 0 radical (unpaired) electrons. The minimum atomic E-state index is -0.265. The third-order valence-corrected chi connectivity index (χ3v) is 3.92. The number of aryl methyl sites for hydroxylation is 1. The SMILES string of the molecule is CC(=O)c1cc2c(cc1NC(=O)CSc1n[nH]c(C)n1)OCO2. The van der Waals surface area contributed by atoms with Gasteiger partial charge in [0.25, 0.3) is 0 Å². The molecule has 1 aromatic heterocycles. The Hall–Kier alpha value is -2.55. The largest absolute Gasteiger partial charge is 0.454 e. The molecule has 120 valence electrons. The van der Waals surface area contributed by atoms with Gasteiger partial charge in [-0.2, -0.15) is 0 Å². The molecule has 2 heterocycles. The number of ketones is 1. The van der Waals surface area contributed by atoms with Gasteiger partial charge in [-0.05, 0) is 19.9 Å². The van der Waals surface area contributed by atoms with Crippen molar-refractivity contribution in [2.24, 2.45) is 0 Å². The zero-order valence-corrected chi connectivity index (χ0v) is 13.3. The lowest BCUT2D eigenvalue weighted by atomic mass is 10.1. The number of aromatic nitrogens is 3. The average molecular weight is 334 g/mol. The van der Waals surface area contributed by atoms with Crippen LogP contribution in [-0.4, -0.2) is 39.4 Å². The van der Waals surface area contributed by atoms with E-state index >= 15 is 0 Å². The van der Waals surface area contributed by atoms with Crippen LogP contribution in [-0.2, 0) is 4.79 Å². The van der Waals surface area contributed by atoms with Crippen LogP contribution in [0.1, 0.15) is 23.1 Å². The van der Waals surface area contributed by atoms with Crippen molar-refractivity contribution in [2.75, 3.05) is 17.9 Å². The molecule has 0 spiro atoms. The number of benzene rings is 1. The number of Topliss-reactive ketones (excluding diaryl/α,β-unsaturated/α-hetero) is 1. The molecule has 1 aromatic carbocycles. The number of nitrogens with one attached hydrogen (secondary N) is 2. The Morgan fingerprint density at radius 1 is 1.35 bits per heavy atom. The van der Waals surface area contributed by atoms with Crippen molar-refractivity contribution in [3.05, 3.63) is 23.5 Å². The number of thioether (sulfide) groups is 1. The summed E-state index contributed by atoms with van der Waals surface area (Å²) in [5.74, 6) is 1.38. The number of amides is 1. The minimum absolute atomic E-state index is 0.101. The van der Waals surface area contributed by atoms with E-state index in [1.807, 2.05) is 0 Å². The summed E-state index contributed by atoms with van der Waals surface area (Å²) < 4.78 is 10.5. The number of anilines is 1.